The van der Waals surface area contributed by atoms with Crippen LogP contribution in [0.1, 0.15) is 41.5 Å². The number of rotatable bonds is 6. The molecule has 0 aromatic carbocycles. The number of Topliss-reactive ketones (excluding diaryl/α,β-unsaturated/α-hetero) is 6. The first kappa shape index (κ1) is 31.1. The molecule has 0 aromatic heterocycles. The molecule has 0 saturated heterocycles. The molecule has 0 N–H and O–H groups in total. The predicted octanol–water partition coefficient (Wildman–Crippen LogP) is 1.50. The van der Waals surface area contributed by atoms with Crippen molar-refractivity contribution in [2.45, 2.75) is 60.1 Å². The summed E-state index contributed by atoms with van der Waals surface area (Å²) in [7, 11) is 0. The van der Waals surface area contributed by atoms with Gasteiger partial charge in [0.05, 0.1) is 0 Å². The summed E-state index contributed by atoms with van der Waals surface area (Å²) in [4.78, 5) is 59.9. The first-order chi connectivity index (χ1) is 10.7. The van der Waals surface area contributed by atoms with Crippen molar-refractivity contribution in [3.8, 4) is 0 Å². The SMILES string of the molecule is CC(=O)C(F)C(C)=O.CC(=O)C(F)C(C)=O.CC(=O)C(F)C(C)=O.[Fe]. The molecular weight excluding hydrogens is 389 g/mol. The largest absolute Gasteiger partial charge is 0.296 e. The van der Waals surface area contributed by atoms with Crippen molar-refractivity contribution in [3.63, 3.8) is 0 Å². The predicted molar refractivity (Wildman–Crippen MR) is 78.8 cm³/mol. The third kappa shape index (κ3) is 18.5. The summed E-state index contributed by atoms with van der Waals surface area (Å²) < 4.78 is 35.8. The van der Waals surface area contributed by atoms with Crippen LogP contribution in [0.3, 0.4) is 0 Å². The second kappa shape index (κ2) is 15.8. The fourth-order valence-electron chi connectivity index (χ4n) is 0.859. The van der Waals surface area contributed by atoms with Crippen LogP contribution in [0.5, 0.6) is 0 Å². The van der Waals surface area contributed by atoms with Crippen molar-refractivity contribution < 1.29 is 59.0 Å². The van der Waals surface area contributed by atoms with E-state index in [4.69, 9.17) is 0 Å². The van der Waals surface area contributed by atoms with E-state index in [1.54, 1.807) is 0 Å². The topological polar surface area (TPSA) is 102 Å². The summed E-state index contributed by atoms with van der Waals surface area (Å²) in [5.74, 6) is -4.35. The molecule has 0 bridgehead atoms. The number of hydrogen-bond donors (Lipinski definition) is 0. The van der Waals surface area contributed by atoms with E-state index in [1.807, 2.05) is 0 Å². The number of halogens is 3. The summed E-state index contributed by atoms with van der Waals surface area (Å²) in [5, 5.41) is 0. The Balaban J connectivity index is -0.000000130. The fourth-order valence-corrected chi connectivity index (χ4v) is 0.859. The third-order valence-corrected chi connectivity index (χ3v) is 2.14. The Bertz CT molecular complexity index is 394. The van der Waals surface area contributed by atoms with Crippen LogP contribution in [0.2, 0.25) is 0 Å². The van der Waals surface area contributed by atoms with Crippen molar-refractivity contribution in [3.05, 3.63) is 0 Å². The number of ketones is 6. The van der Waals surface area contributed by atoms with Crippen LogP contribution in [-0.2, 0) is 45.8 Å². The molecule has 0 atom stereocenters. The average Bonchev–Trinajstić information content (AvgIpc) is 2.45. The Kier molecular flexibility index (Phi) is 19.7. The van der Waals surface area contributed by atoms with Crippen molar-refractivity contribution in [2.75, 3.05) is 0 Å². The molecule has 0 saturated carbocycles. The van der Waals surface area contributed by atoms with Crippen LogP contribution >= 0.6 is 0 Å². The maximum Gasteiger partial charge on any atom is 0.215 e. The zero-order chi connectivity index (χ0) is 20.2. The Hall–Kier alpha value is -1.67. The summed E-state index contributed by atoms with van der Waals surface area (Å²) in [5.41, 5.74) is 0. The van der Waals surface area contributed by atoms with E-state index in [1.165, 1.54) is 0 Å². The molecule has 0 aliphatic carbocycles. The molecule has 0 unspecified atom stereocenters. The van der Waals surface area contributed by atoms with Gasteiger partial charge in [0.1, 0.15) is 0 Å². The van der Waals surface area contributed by atoms with Crippen LogP contribution in [0.15, 0.2) is 0 Å². The molecule has 0 radical (unpaired) electrons. The van der Waals surface area contributed by atoms with Gasteiger partial charge in [-0.15, -0.1) is 0 Å². The van der Waals surface area contributed by atoms with E-state index in [2.05, 4.69) is 0 Å². The van der Waals surface area contributed by atoms with Gasteiger partial charge in [-0.25, -0.2) is 13.2 Å². The number of hydrogen-bond acceptors (Lipinski definition) is 6. The van der Waals surface area contributed by atoms with Crippen molar-refractivity contribution in [2.24, 2.45) is 0 Å². The Labute approximate surface area is 154 Å². The van der Waals surface area contributed by atoms with E-state index in [9.17, 15) is 41.9 Å². The van der Waals surface area contributed by atoms with Gasteiger partial charge in [0.25, 0.3) is 0 Å². The van der Waals surface area contributed by atoms with Gasteiger partial charge < -0.3 is 0 Å². The molecule has 0 fully saturated rings. The average molecular weight is 410 g/mol. The number of carbonyl (C=O) groups is 6. The van der Waals surface area contributed by atoms with Gasteiger partial charge in [-0.3, -0.25) is 28.8 Å². The van der Waals surface area contributed by atoms with Gasteiger partial charge in [-0.05, 0) is 41.5 Å². The second-order valence-corrected chi connectivity index (χ2v) is 4.75. The van der Waals surface area contributed by atoms with E-state index >= 15 is 0 Å². The van der Waals surface area contributed by atoms with Gasteiger partial charge in [-0.1, -0.05) is 0 Å². The molecule has 0 aromatic rings. The Morgan fingerprint density at radius 1 is 0.440 bits per heavy atom. The number of alkyl halides is 3. The van der Waals surface area contributed by atoms with Gasteiger partial charge in [0, 0.05) is 17.1 Å². The number of carbonyl (C=O) groups excluding carboxylic acids is 6. The second-order valence-electron chi connectivity index (χ2n) is 4.75. The molecular formula is C15H21F3FeO6. The zero-order valence-electron chi connectivity index (χ0n) is 14.7. The molecule has 0 spiro atoms. The van der Waals surface area contributed by atoms with E-state index in [0.29, 0.717) is 0 Å². The van der Waals surface area contributed by atoms with Crippen LogP contribution in [0, 0.1) is 0 Å². The van der Waals surface area contributed by atoms with Crippen molar-refractivity contribution in [1.82, 2.24) is 0 Å². The molecule has 146 valence electrons. The third-order valence-electron chi connectivity index (χ3n) is 2.14. The molecule has 0 rings (SSSR count). The quantitative estimate of drug-likeness (QED) is 0.486. The summed E-state index contributed by atoms with van der Waals surface area (Å²) in [6.07, 6.45) is -5.72. The minimum atomic E-state index is -1.91. The molecule has 10 heteroatoms. The van der Waals surface area contributed by atoms with Crippen LogP contribution < -0.4 is 0 Å². The van der Waals surface area contributed by atoms with Crippen molar-refractivity contribution in [1.29, 1.82) is 0 Å². The first-order valence-corrected chi connectivity index (χ1v) is 6.61. The van der Waals surface area contributed by atoms with Crippen LogP contribution in [0.25, 0.3) is 0 Å². The van der Waals surface area contributed by atoms with Crippen molar-refractivity contribution >= 4 is 34.7 Å². The monoisotopic (exact) mass is 410 g/mol. The Morgan fingerprint density at radius 2 is 0.520 bits per heavy atom. The van der Waals surface area contributed by atoms with Gasteiger partial charge in [0.2, 0.25) is 18.5 Å². The van der Waals surface area contributed by atoms with Gasteiger partial charge >= 0.3 is 0 Å². The molecule has 0 aliphatic rings. The van der Waals surface area contributed by atoms with Crippen LogP contribution in [0.4, 0.5) is 13.2 Å². The molecule has 6 nitrogen and oxygen atoms in total. The minimum Gasteiger partial charge on any atom is -0.296 e. The Morgan fingerprint density at radius 3 is 0.520 bits per heavy atom. The van der Waals surface area contributed by atoms with Crippen LogP contribution in [-0.4, -0.2) is 53.2 Å². The molecule has 25 heavy (non-hydrogen) atoms. The minimum absolute atomic E-state index is 0. The summed E-state index contributed by atoms with van der Waals surface area (Å²) in [6.45, 7) is 6.29. The molecule has 0 amide bonds. The zero-order valence-corrected chi connectivity index (χ0v) is 15.8. The van der Waals surface area contributed by atoms with E-state index in [-0.39, 0.29) is 17.1 Å². The van der Waals surface area contributed by atoms with Gasteiger partial charge in [0.15, 0.2) is 34.7 Å². The summed E-state index contributed by atoms with van der Waals surface area (Å²) >= 11 is 0. The maximum atomic E-state index is 11.9. The van der Waals surface area contributed by atoms with E-state index < -0.39 is 53.2 Å². The van der Waals surface area contributed by atoms with E-state index in [0.717, 1.165) is 41.5 Å². The molecule has 0 aliphatic heterocycles. The van der Waals surface area contributed by atoms with Gasteiger partial charge in [-0.2, -0.15) is 0 Å². The first-order valence-electron chi connectivity index (χ1n) is 6.61. The standard InChI is InChI=1S/3C5H7FO2.Fe/c3*1-3(7)5(6)4(2)8;/h3*5H,1-2H3;. The smallest absolute Gasteiger partial charge is 0.215 e. The maximum absolute atomic E-state index is 11.9. The molecule has 0 heterocycles. The normalized spacial score (nSPS) is 9.12. The fraction of sp³-hybridized carbons (Fsp3) is 0.600. The summed E-state index contributed by atoms with van der Waals surface area (Å²) in [6, 6.07) is 0.